The molecule has 118 valence electrons. The summed E-state index contributed by atoms with van der Waals surface area (Å²) in [4.78, 5) is 6.79. The summed E-state index contributed by atoms with van der Waals surface area (Å²) < 4.78 is 0. The molecule has 0 aliphatic carbocycles. The lowest BCUT2D eigenvalue weighted by Gasteiger charge is -2.37. The Labute approximate surface area is 142 Å². The highest BCUT2D eigenvalue weighted by atomic mass is 15.3. The van der Waals surface area contributed by atoms with Crippen LogP contribution in [0, 0.1) is 0 Å². The molecule has 1 aliphatic heterocycles. The topological polar surface area (TPSA) is 41.6 Å². The summed E-state index contributed by atoms with van der Waals surface area (Å²) in [5, 5.41) is 0. The second-order valence-electron chi connectivity index (χ2n) is 5.96. The zero-order valence-electron chi connectivity index (χ0n) is 13.3. The fourth-order valence-electron chi connectivity index (χ4n) is 3.26. The van der Waals surface area contributed by atoms with Crippen molar-refractivity contribution in [1.29, 1.82) is 0 Å². The number of aliphatic imine (C=N–C) groups is 1. The average Bonchev–Trinajstić information content (AvgIpc) is 2.64. The van der Waals surface area contributed by atoms with Crippen molar-refractivity contribution in [2.75, 3.05) is 0 Å². The maximum Gasteiger partial charge on any atom is 0.197 e. The third-order valence-electron chi connectivity index (χ3n) is 4.38. The molecule has 4 rings (SSSR count). The average molecular weight is 313 g/mol. The molecule has 0 fully saturated rings. The van der Waals surface area contributed by atoms with E-state index >= 15 is 0 Å². The van der Waals surface area contributed by atoms with E-state index in [9.17, 15) is 0 Å². The lowest BCUT2D eigenvalue weighted by Crippen LogP contribution is -2.42. The van der Waals surface area contributed by atoms with Crippen molar-refractivity contribution in [3.8, 4) is 0 Å². The number of nitrogens with two attached hydrogens (primary N) is 1. The Morgan fingerprint density at radius 3 is 2.17 bits per heavy atom. The Bertz CT molecular complexity index is 857. The lowest BCUT2D eigenvalue weighted by atomic mass is 9.94. The molecule has 0 spiro atoms. The molecule has 0 radical (unpaired) electrons. The van der Waals surface area contributed by atoms with E-state index in [1.807, 2.05) is 24.3 Å². The summed E-state index contributed by atoms with van der Waals surface area (Å²) in [7, 11) is 0. The summed E-state index contributed by atoms with van der Waals surface area (Å²) in [5.74, 6) is 0.561. The SMILES string of the molecule is NC1=Nc2ccccc2C(c2ccccc2)N1Cc1ccccc1. The van der Waals surface area contributed by atoms with Crippen LogP contribution in [0.3, 0.4) is 0 Å². The summed E-state index contributed by atoms with van der Waals surface area (Å²) in [6.45, 7) is 0.726. The van der Waals surface area contributed by atoms with E-state index in [2.05, 4.69) is 70.6 Å². The largest absolute Gasteiger partial charge is 0.369 e. The number of nitrogens with zero attached hydrogens (tertiary/aromatic N) is 2. The van der Waals surface area contributed by atoms with Crippen LogP contribution in [0.5, 0.6) is 0 Å². The van der Waals surface area contributed by atoms with Crippen LogP contribution < -0.4 is 5.73 Å². The highest BCUT2D eigenvalue weighted by Gasteiger charge is 2.29. The van der Waals surface area contributed by atoms with Gasteiger partial charge >= 0.3 is 0 Å². The number of rotatable bonds is 3. The first-order valence-electron chi connectivity index (χ1n) is 8.11. The summed E-state index contributed by atoms with van der Waals surface area (Å²) in [6.07, 6.45) is 0. The van der Waals surface area contributed by atoms with Gasteiger partial charge in [0.25, 0.3) is 0 Å². The first kappa shape index (κ1) is 14.5. The molecule has 1 unspecified atom stereocenters. The molecular formula is C21H19N3. The Kier molecular flexibility index (Phi) is 3.75. The molecular weight excluding hydrogens is 294 g/mol. The van der Waals surface area contributed by atoms with Crippen LogP contribution >= 0.6 is 0 Å². The Balaban J connectivity index is 1.81. The van der Waals surface area contributed by atoms with Gasteiger partial charge in [0.1, 0.15) is 0 Å². The first-order valence-corrected chi connectivity index (χ1v) is 8.11. The van der Waals surface area contributed by atoms with Gasteiger partial charge in [-0.05, 0) is 17.2 Å². The van der Waals surface area contributed by atoms with E-state index in [4.69, 9.17) is 5.73 Å². The van der Waals surface area contributed by atoms with Crippen molar-refractivity contribution in [3.63, 3.8) is 0 Å². The monoisotopic (exact) mass is 313 g/mol. The molecule has 0 saturated carbocycles. The number of hydrogen-bond donors (Lipinski definition) is 1. The van der Waals surface area contributed by atoms with Crippen LogP contribution in [-0.4, -0.2) is 10.9 Å². The number of para-hydroxylation sites is 1. The summed E-state index contributed by atoms with van der Waals surface area (Å²) in [6, 6.07) is 29.2. The van der Waals surface area contributed by atoms with E-state index in [0.29, 0.717) is 5.96 Å². The maximum absolute atomic E-state index is 6.35. The highest BCUT2D eigenvalue weighted by Crippen LogP contribution is 2.38. The molecule has 1 heterocycles. The number of guanidine groups is 1. The predicted molar refractivity (Wildman–Crippen MR) is 98.0 cm³/mol. The van der Waals surface area contributed by atoms with Crippen molar-refractivity contribution in [2.24, 2.45) is 10.7 Å². The third-order valence-corrected chi connectivity index (χ3v) is 4.38. The van der Waals surface area contributed by atoms with Gasteiger partial charge in [-0.1, -0.05) is 78.9 Å². The molecule has 1 aliphatic rings. The van der Waals surface area contributed by atoms with Crippen LogP contribution in [0.1, 0.15) is 22.7 Å². The molecule has 24 heavy (non-hydrogen) atoms. The van der Waals surface area contributed by atoms with E-state index in [0.717, 1.165) is 12.2 Å². The molecule has 1 atom stereocenters. The van der Waals surface area contributed by atoms with Gasteiger partial charge in [-0.2, -0.15) is 0 Å². The fraction of sp³-hybridized carbons (Fsp3) is 0.0952. The van der Waals surface area contributed by atoms with Crippen molar-refractivity contribution in [1.82, 2.24) is 4.90 Å². The van der Waals surface area contributed by atoms with Gasteiger partial charge in [0.2, 0.25) is 0 Å². The number of benzene rings is 3. The smallest absolute Gasteiger partial charge is 0.197 e. The quantitative estimate of drug-likeness (QED) is 0.786. The molecule has 3 aromatic rings. The molecule has 0 saturated heterocycles. The molecule has 0 bridgehead atoms. The van der Waals surface area contributed by atoms with Crippen LogP contribution in [0.25, 0.3) is 0 Å². The Morgan fingerprint density at radius 2 is 1.42 bits per heavy atom. The van der Waals surface area contributed by atoms with Gasteiger partial charge in [-0.15, -0.1) is 0 Å². The highest BCUT2D eigenvalue weighted by molar-refractivity contribution is 5.85. The number of fused-ring (bicyclic) bond motifs is 1. The molecule has 0 amide bonds. The van der Waals surface area contributed by atoms with Crippen molar-refractivity contribution < 1.29 is 0 Å². The molecule has 3 nitrogen and oxygen atoms in total. The minimum absolute atomic E-state index is 0.0695. The Morgan fingerprint density at radius 1 is 0.792 bits per heavy atom. The Hall–Kier alpha value is -3.07. The zero-order chi connectivity index (χ0) is 16.4. The van der Waals surface area contributed by atoms with Crippen LogP contribution in [0.2, 0.25) is 0 Å². The van der Waals surface area contributed by atoms with Gasteiger partial charge < -0.3 is 10.6 Å². The van der Waals surface area contributed by atoms with Gasteiger partial charge in [-0.25, -0.2) is 4.99 Å². The van der Waals surface area contributed by atoms with Crippen LogP contribution in [0.4, 0.5) is 5.69 Å². The number of hydrogen-bond acceptors (Lipinski definition) is 3. The van der Waals surface area contributed by atoms with Gasteiger partial charge in [0, 0.05) is 12.1 Å². The van der Waals surface area contributed by atoms with Crippen molar-refractivity contribution in [3.05, 3.63) is 102 Å². The normalized spacial score (nSPS) is 16.4. The molecule has 3 heteroatoms. The summed E-state index contributed by atoms with van der Waals surface area (Å²) in [5.41, 5.74) is 10.9. The third kappa shape index (κ3) is 2.65. The second kappa shape index (κ2) is 6.20. The fourth-order valence-corrected chi connectivity index (χ4v) is 3.26. The standard InChI is InChI=1S/C21H19N3/c22-21-23-19-14-8-7-13-18(19)20(17-11-5-2-6-12-17)24(21)15-16-9-3-1-4-10-16/h1-14,20H,15H2,(H2,22,23). The summed E-state index contributed by atoms with van der Waals surface area (Å²) >= 11 is 0. The minimum atomic E-state index is 0.0695. The first-order chi connectivity index (χ1) is 11.8. The van der Waals surface area contributed by atoms with E-state index in [-0.39, 0.29) is 6.04 Å². The lowest BCUT2D eigenvalue weighted by molar-refractivity contribution is 0.340. The predicted octanol–water partition coefficient (Wildman–Crippen LogP) is 4.24. The van der Waals surface area contributed by atoms with Gasteiger partial charge in [0.15, 0.2) is 5.96 Å². The van der Waals surface area contributed by atoms with E-state index < -0.39 is 0 Å². The van der Waals surface area contributed by atoms with Crippen LogP contribution in [0.15, 0.2) is 89.9 Å². The maximum atomic E-state index is 6.35. The van der Waals surface area contributed by atoms with Crippen molar-refractivity contribution >= 4 is 11.6 Å². The van der Waals surface area contributed by atoms with E-state index in [1.165, 1.54) is 16.7 Å². The van der Waals surface area contributed by atoms with Crippen molar-refractivity contribution in [2.45, 2.75) is 12.6 Å². The molecule has 0 aromatic heterocycles. The molecule has 3 aromatic carbocycles. The van der Waals surface area contributed by atoms with E-state index in [1.54, 1.807) is 0 Å². The molecule has 2 N–H and O–H groups in total. The van der Waals surface area contributed by atoms with Gasteiger partial charge in [-0.3, -0.25) is 0 Å². The second-order valence-corrected chi connectivity index (χ2v) is 5.96. The van der Waals surface area contributed by atoms with Gasteiger partial charge in [0.05, 0.1) is 11.7 Å². The minimum Gasteiger partial charge on any atom is -0.369 e. The van der Waals surface area contributed by atoms with Crippen LogP contribution in [-0.2, 0) is 6.54 Å². The zero-order valence-corrected chi connectivity index (χ0v) is 13.3.